The van der Waals surface area contributed by atoms with Crippen molar-refractivity contribution in [3.8, 4) is 0 Å². The summed E-state index contributed by atoms with van der Waals surface area (Å²) in [5.41, 5.74) is 0. The molecule has 0 aliphatic rings. The number of thioether (sulfide) groups is 1. The lowest BCUT2D eigenvalue weighted by molar-refractivity contribution is -0.116. The second-order valence-electron chi connectivity index (χ2n) is 2.42. The van der Waals surface area contributed by atoms with Gasteiger partial charge in [0.25, 0.3) is 0 Å². The molecular formula is C8H10N2OS. The van der Waals surface area contributed by atoms with Crippen molar-refractivity contribution in [3.63, 3.8) is 0 Å². The largest absolute Gasteiger partial charge is 0.299 e. The smallest absolute Gasteiger partial charge is 0.142 e. The van der Waals surface area contributed by atoms with E-state index in [1.807, 2.05) is 6.92 Å². The summed E-state index contributed by atoms with van der Waals surface area (Å²) >= 11 is 1.45. The Labute approximate surface area is 75.6 Å². The molecule has 0 aliphatic heterocycles. The van der Waals surface area contributed by atoms with Gasteiger partial charge in [-0.3, -0.25) is 4.79 Å². The van der Waals surface area contributed by atoms with Crippen molar-refractivity contribution in [1.82, 2.24) is 9.97 Å². The van der Waals surface area contributed by atoms with E-state index in [1.165, 1.54) is 18.1 Å². The second-order valence-corrected chi connectivity index (χ2v) is 3.78. The maximum Gasteiger partial charge on any atom is 0.142 e. The minimum Gasteiger partial charge on any atom is -0.299 e. The van der Waals surface area contributed by atoms with E-state index in [-0.39, 0.29) is 11.0 Å². The van der Waals surface area contributed by atoms with Crippen molar-refractivity contribution < 1.29 is 4.79 Å². The van der Waals surface area contributed by atoms with E-state index >= 15 is 0 Å². The number of ketones is 1. The lowest BCUT2D eigenvalue weighted by atomic mass is 10.3. The van der Waals surface area contributed by atoms with Crippen LogP contribution in [0.15, 0.2) is 23.6 Å². The van der Waals surface area contributed by atoms with Crippen LogP contribution in [-0.2, 0) is 4.79 Å². The molecule has 1 aromatic rings. The van der Waals surface area contributed by atoms with Gasteiger partial charge in [0, 0.05) is 6.20 Å². The van der Waals surface area contributed by atoms with Crippen LogP contribution < -0.4 is 0 Å². The highest BCUT2D eigenvalue weighted by Crippen LogP contribution is 2.19. The molecule has 64 valence electrons. The Morgan fingerprint density at radius 1 is 1.67 bits per heavy atom. The molecule has 0 bridgehead atoms. The minimum absolute atomic E-state index is 0.0279. The summed E-state index contributed by atoms with van der Waals surface area (Å²) in [6, 6.07) is 1.80. The fraction of sp³-hybridized carbons (Fsp3) is 0.375. The van der Waals surface area contributed by atoms with Gasteiger partial charge in [-0.15, -0.1) is 0 Å². The van der Waals surface area contributed by atoms with Gasteiger partial charge < -0.3 is 0 Å². The van der Waals surface area contributed by atoms with Crippen LogP contribution in [0, 0.1) is 0 Å². The first-order valence-electron chi connectivity index (χ1n) is 3.63. The molecule has 0 saturated carbocycles. The van der Waals surface area contributed by atoms with Crippen LogP contribution in [0.4, 0.5) is 0 Å². The zero-order chi connectivity index (χ0) is 8.97. The summed E-state index contributed by atoms with van der Waals surface area (Å²) in [5.74, 6) is 0.165. The SMILES string of the molecule is CC(=O)C(C)Sc1ccncn1. The molecule has 12 heavy (non-hydrogen) atoms. The summed E-state index contributed by atoms with van der Waals surface area (Å²) in [4.78, 5) is 18.7. The highest BCUT2D eigenvalue weighted by Gasteiger charge is 2.09. The quantitative estimate of drug-likeness (QED) is 0.525. The van der Waals surface area contributed by atoms with Crippen LogP contribution in [0.2, 0.25) is 0 Å². The van der Waals surface area contributed by atoms with E-state index in [0.717, 1.165) is 5.03 Å². The summed E-state index contributed by atoms with van der Waals surface area (Å²) in [7, 11) is 0. The number of rotatable bonds is 3. The molecule has 0 amide bonds. The Morgan fingerprint density at radius 2 is 2.42 bits per heavy atom. The molecule has 1 rings (SSSR count). The van der Waals surface area contributed by atoms with E-state index in [1.54, 1.807) is 19.2 Å². The van der Waals surface area contributed by atoms with Gasteiger partial charge in [0.2, 0.25) is 0 Å². The highest BCUT2D eigenvalue weighted by atomic mass is 32.2. The number of carbonyl (C=O) groups is 1. The molecule has 1 aromatic heterocycles. The molecule has 4 heteroatoms. The Kier molecular flexibility index (Phi) is 3.22. The number of carbonyl (C=O) groups excluding carboxylic acids is 1. The first kappa shape index (κ1) is 9.19. The maximum atomic E-state index is 10.9. The monoisotopic (exact) mass is 182 g/mol. The number of aromatic nitrogens is 2. The molecule has 0 fully saturated rings. The van der Waals surface area contributed by atoms with Gasteiger partial charge in [0.15, 0.2) is 0 Å². The van der Waals surface area contributed by atoms with Crippen LogP contribution >= 0.6 is 11.8 Å². The molecule has 0 N–H and O–H groups in total. The van der Waals surface area contributed by atoms with Gasteiger partial charge in [0.1, 0.15) is 17.1 Å². The Balaban J connectivity index is 2.58. The molecule has 0 radical (unpaired) electrons. The molecular weight excluding hydrogens is 172 g/mol. The van der Waals surface area contributed by atoms with Crippen molar-refractivity contribution >= 4 is 17.5 Å². The molecule has 0 saturated heterocycles. The zero-order valence-electron chi connectivity index (χ0n) is 7.02. The lowest BCUT2D eigenvalue weighted by Gasteiger charge is -2.04. The third-order valence-electron chi connectivity index (χ3n) is 1.42. The van der Waals surface area contributed by atoms with Gasteiger partial charge >= 0.3 is 0 Å². The molecule has 1 unspecified atom stereocenters. The average molecular weight is 182 g/mol. The number of hydrogen-bond donors (Lipinski definition) is 0. The van der Waals surface area contributed by atoms with Crippen LogP contribution in [0.1, 0.15) is 13.8 Å². The van der Waals surface area contributed by atoms with Gasteiger partial charge in [-0.25, -0.2) is 9.97 Å². The Morgan fingerprint density at radius 3 is 2.92 bits per heavy atom. The normalized spacial score (nSPS) is 12.5. The van der Waals surface area contributed by atoms with Crippen molar-refractivity contribution in [1.29, 1.82) is 0 Å². The fourth-order valence-corrected chi connectivity index (χ4v) is 1.39. The summed E-state index contributed by atoms with van der Waals surface area (Å²) in [6.45, 7) is 3.45. The van der Waals surface area contributed by atoms with Gasteiger partial charge in [-0.05, 0) is 19.9 Å². The van der Waals surface area contributed by atoms with E-state index in [4.69, 9.17) is 0 Å². The number of Topliss-reactive ketones (excluding diaryl/α,β-unsaturated/α-hetero) is 1. The Hall–Kier alpha value is -0.900. The van der Waals surface area contributed by atoms with Gasteiger partial charge in [-0.2, -0.15) is 0 Å². The maximum absolute atomic E-state index is 10.9. The molecule has 1 atom stereocenters. The van der Waals surface area contributed by atoms with E-state index in [0.29, 0.717) is 0 Å². The van der Waals surface area contributed by atoms with Crippen molar-refractivity contribution in [2.75, 3.05) is 0 Å². The van der Waals surface area contributed by atoms with Crippen LogP contribution in [0.5, 0.6) is 0 Å². The molecule has 0 aliphatic carbocycles. The predicted octanol–water partition coefficient (Wildman–Crippen LogP) is 1.55. The average Bonchev–Trinajstić information content (AvgIpc) is 2.06. The third-order valence-corrected chi connectivity index (χ3v) is 2.59. The molecule has 0 spiro atoms. The number of nitrogens with zero attached hydrogens (tertiary/aromatic N) is 2. The molecule has 3 nitrogen and oxygen atoms in total. The third kappa shape index (κ3) is 2.62. The predicted molar refractivity (Wildman–Crippen MR) is 48.0 cm³/mol. The topological polar surface area (TPSA) is 42.9 Å². The summed E-state index contributed by atoms with van der Waals surface area (Å²) in [6.07, 6.45) is 3.15. The highest BCUT2D eigenvalue weighted by molar-refractivity contribution is 8.00. The summed E-state index contributed by atoms with van der Waals surface area (Å²) in [5, 5.41) is 0.813. The Bertz CT molecular complexity index is 263. The lowest BCUT2D eigenvalue weighted by Crippen LogP contribution is -2.07. The van der Waals surface area contributed by atoms with Crippen molar-refractivity contribution in [3.05, 3.63) is 18.6 Å². The minimum atomic E-state index is -0.0279. The van der Waals surface area contributed by atoms with E-state index < -0.39 is 0 Å². The zero-order valence-corrected chi connectivity index (χ0v) is 7.84. The van der Waals surface area contributed by atoms with E-state index in [2.05, 4.69) is 9.97 Å². The first-order valence-corrected chi connectivity index (χ1v) is 4.51. The van der Waals surface area contributed by atoms with Crippen LogP contribution in [0.3, 0.4) is 0 Å². The van der Waals surface area contributed by atoms with Crippen LogP contribution in [0.25, 0.3) is 0 Å². The molecule has 1 heterocycles. The van der Waals surface area contributed by atoms with Crippen molar-refractivity contribution in [2.45, 2.75) is 24.1 Å². The summed E-state index contributed by atoms with van der Waals surface area (Å²) < 4.78 is 0. The standard InChI is InChI=1S/C8H10N2OS/c1-6(11)7(2)12-8-3-4-9-5-10-8/h3-5,7H,1-2H3. The second kappa shape index (κ2) is 4.21. The van der Waals surface area contributed by atoms with Crippen molar-refractivity contribution in [2.24, 2.45) is 0 Å². The first-order chi connectivity index (χ1) is 5.70. The number of hydrogen-bond acceptors (Lipinski definition) is 4. The fourth-order valence-electron chi connectivity index (χ4n) is 0.612. The van der Waals surface area contributed by atoms with Gasteiger partial charge in [-0.1, -0.05) is 11.8 Å². The van der Waals surface area contributed by atoms with E-state index in [9.17, 15) is 4.79 Å². The van der Waals surface area contributed by atoms with Crippen LogP contribution in [-0.4, -0.2) is 21.0 Å². The molecule has 0 aromatic carbocycles. The van der Waals surface area contributed by atoms with Gasteiger partial charge in [0.05, 0.1) is 5.25 Å².